The second-order valence-corrected chi connectivity index (χ2v) is 9.61. The van der Waals surface area contributed by atoms with Crippen molar-refractivity contribution in [3.63, 3.8) is 0 Å². The van der Waals surface area contributed by atoms with Crippen molar-refractivity contribution in [2.45, 2.75) is 31.2 Å². The molecule has 150 valence electrons. The molecule has 3 aromatic rings. The van der Waals surface area contributed by atoms with Gasteiger partial charge in [0.25, 0.3) is 0 Å². The van der Waals surface area contributed by atoms with Gasteiger partial charge in [0.15, 0.2) is 0 Å². The van der Waals surface area contributed by atoms with Crippen molar-refractivity contribution in [3.05, 3.63) is 63.0 Å². The summed E-state index contributed by atoms with van der Waals surface area (Å²) in [7, 11) is -0.426. The molecule has 0 saturated heterocycles. The number of fused-ring (bicyclic) bond motifs is 1. The number of sulfonamides is 1. The highest BCUT2D eigenvalue weighted by Gasteiger charge is 2.30. The lowest BCUT2D eigenvalue weighted by molar-refractivity contribution is 0.341. The lowest BCUT2D eigenvalue weighted by Crippen LogP contribution is -2.34. The topological polar surface area (TPSA) is 64.3 Å². The van der Waals surface area contributed by atoms with E-state index in [4.69, 9.17) is 0 Å². The summed E-state index contributed by atoms with van der Waals surface area (Å²) in [5.41, 5.74) is 2.02. The zero-order valence-electron chi connectivity index (χ0n) is 16.4. The number of hydrogen-bond acceptors (Lipinski definition) is 3. The Bertz CT molecular complexity index is 1180. The molecule has 0 amide bonds. The van der Waals surface area contributed by atoms with E-state index in [1.54, 1.807) is 32.3 Å². The lowest BCUT2D eigenvalue weighted by Gasteiger charge is -2.29. The summed E-state index contributed by atoms with van der Waals surface area (Å²) in [4.78, 5) is 12.4. The molecular formula is C20H24BrN3O3S. The minimum Gasteiger partial charge on any atom is -0.295 e. The molecule has 1 atom stereocenters. The van der Waals surface area contributed by atoms with Crippen LogP contribution in [-0.2, 0) is 24.1 Å². The van der Waals surface area contributed by atoms with Gasteiger partial charge in [0, 0.05) is 31.2 Å². The first kappa shape index (κ1) is 20.8. The van der Waals surface area contributed by atoms with Crippen LogP contribution >= 0.6 is 15.9 Å². The van der Waals surface area contributed by atoms with Crippen molar-refractivity contribution in [3.8, 4) is 0 Å². The summed E-state index contributed by atoms with van der Waals surface area (Å²) in [6.45, 7) is 4.25. The van der Waals surface area contributed by atoms with Gasteiger partial charge in [-0.1, -0.05) is 41.1 Å². The SMILES string of the molecule is CCCN(C(C)c1ccccc1Br)S(=O)(=O)c1ccc2c(c1)n(C)c(=O)n2C. The molecule has 6 nitrogen and oxygen atoms in total. The van der Waals surface area contributed by atoms with Crippen LogP contribution in [0.3, 0.4) is 0 Å². The van der Waals surface area contributed by atoms with Crippen molar-refractivity contribution in [1.82, 2.24) is 13.4 Å². The molecule has 0 saturated carbocycles. The van der Waals surface area contributed by atoms with E-state index in [2.05, 4.69) is 15.9 Å². The van der Waals surface area contributed by atoms with Crippen molar-refractivity contribution in [1.29, 1.82) is 0 Å². The summed E-state index contributed by atoms with van der Waals surface area (Å²) in [5, 5.41) is 0. The minimum atomic E-state index is -3.75. The maximum atomic E-state index is 13.5. The maximum absolute atomic E-state index is 13.5. The van der Waals surface area contributed by atoms with Gasteiger partial charge in [-0.25, -0.2) is 13.2 Å². The lowest BCUT2D eigenvalue weighted by atomic mass is 10.1. The molecule has 2 aromatic carbocycles. The molecule has 28 heavy (non-hydrogen) atoms. The number of aromatic nitrogens is 2. The number of nitrogens with zero attached hydrogens (tertiary/aromatic N) is 3. The minimum absolute atomic E-state index is 0.184. The molecule has 0 spiro atoms. The quantitative estimate of drug-likeness (QED) is 0.555. The van der Waals surface area contributed by atoms with Gasteiger partial charge in [-0.15, -0.1) is 0 Å². The predicted molar refractivity (Wildman–Crippen MR) is 115 cm³/mol. The van der Waals surface area contributed by atoms with Crippen LogP contribution in [0.1, 0.15) is 31.9 Å². The zero-order chi connectivity index (χ0) is 20.6. The van der Waals surface area contributed by atoms with Gasteiger partial charge in [-0.2, -0.15) is 4.31 Å². The molecule has 3 rings (SSSR count). The Hall–Kier alpha value is -1.90. The molecule has 0 aliphatic carbocycles. The largest absolute Gasteiger partial charge is 0.328 e. The third-order valence-corrected chi connectivity index (χ3v) is 7.77. The van der Waals surface area contributed by atoms with Gasteiger partial charge in [0.1, 0.15) is 0 Å². The molecule has 1 heterocycles. The molecule has 0 aliphatic rings. The molecule has 0 bridgehead atoms. The molecule has 0 aliphatic heterocycles. The van der Waals surface area contributed by atoms with Crippen LogP contribution in [0.4, 0.5) is 0 Å². The monoisotopic (exact) mass is 465 g/mol. The highest BCUT2D eigenvalue weighted by atomic mass is 79.9. The van der Waals surface area contributed by atoms with Crippen LogP contribution in [0.15, 0.2) is 56.6 Å². The van der Waals surface area contributed by atoms with Gasteiger partial charge in [-0.3, -0.25) is 9.13 Å². The summed E-state index contributed by atoms with van der Waals surface area (Å²) in [6, 6.07) is 12.2. The normalized spacial score (nSPS) is 13.4. The number of aryl methyl sites for hydroxylation is 2. The molecule has 8 heteroatoms. The summed E-state index contributed by atoms with van der Waals surface area (Å²) < 4.78 is 32.4. The Balaban J connectivity index is 2.12. The van der Waals surface area contributed by atoms with E-state index in [-0.39, 0.29) is 16.6 Å². The average molecular weight is 466 g/mol. The fraction of sp³-hybridized carbons (Fsp3) is 0.350. The first-order valence-corrected chi connectivity index (χ1v) is 11.3. The number of rotatable bonds is 6. The molecule has 1 unspecified atom stereocenters. The van der Waals surface area contributed by atoms with Crippen molar-refractivity contribution in [2.24, 2.45) is 14.1 Å². The van der Waals surface area contributed by atoms with Gasteiger partial charge in [0.05, 0.1) is 15.9 Å². The maximum Gasteiger partial charge on any atom is 0.328 e. The second kappa shape index (κ2) is 7.85. The first-order valence-electron chi connectivity index (χ1n) is 9.11. The second-order valence-electron chi connectivity index (χ2n) is 6.86. The Morgan fingerprint density at radius 2 is 1.71 bits per heavy atom. The van der Waals surface area contributed by atoms with E-state index < -0.39 is 10.0 Å². The summed E-state index contributed by atoms with van der Waals surface area (Å²) in [6.07, 6.45) is 0.695. The molecule has 1 aromatic heterocycles. The Morgan fingerprint density at radius 1 is 1.07 bits per heavy atom. The van der Waals surface area contributed by atoms with Crippen molar-refractivity contribution in [2.75, 3.05) is 6.54 Å². The number of hydrogen-bond donors (Lipinski definition) is 0. The number of benzene rings is 2. The highest BCUT2D eigenvalue weighted by molar-refractivity contribution is 9.10. The molecular weight excluding hydrogens is 442 g/mol. The fourth-order valence-electron chi connectivity index (χ4n) is 3.49. The number of halogens is 1. The van der Waals surface area contributed by atoms with Gasteiger partial charge < -0.3 is 0 Å². The van der Waals surface area contributed by atoms with Crippen LogP contribution < -0.4 is 5.69 Å². The standard InChI is InChI=1S/C20H24BrN3O3S/c1-5-12-24(14(2)16-8-6-7-9-17(16)21)28(26,27)15-10-11-18-19(13-15)23(4)20(25)22(18)3/h6-11,13-14H,5,12H2,1-4H3. The van der Waals surface area contributed by atoms with Gasteiger partial charge in [0.2, 0.25) is 10.0 Å². The van der Waals surface area contributed by atoms with E-state index >= 15 is 0 Å². The first-order chi connectivity index (χ1) is 13.2. The smallest absolute Gasteiger partial charge is 0.295 e. The van der Waals surface area contributed by atoms with Crippen LogP contribution in [-0.4, -0.2) is 28.4 Å². The van der Waals surface area contributed by atoms with E-state index in [1.807, 2.05) is 38.1 Å². The highest BCUT2D eigenvalue weighted by Crippen LogP contribution is 2.32. The fourth-order valence-corrected chi connectivity index (χ4v) is 5.83. The third kappa shape index (κ3) is 3.44. The van der Waals surface area contributed by atoms with Crippen LogP contribution in [0, 0.1) is 0 Å². The Labute approximate surface area is 173 Å². The van der Waals surface area contributed by atoms with E-state index in [1.165, 1.54) is 13.4 Å². The average Bonchev–Trinajstić information content (AvgIpc) is 2.89. The van der Waals surface area contributed by atoms with E-state index in [0.717, 1.165) is 10.0 Å². The Kier molecular flexibility index (Phi) is 5.84. The van der Waals surface area contributed by atoms with Gasteiger partial charge >= 0.3 is 5.69 Å². The molecule has 0 radical (unpaired) electrons. The van der Waals surface area contributed by atoms with E-state index in [9.17, 15) is 13.2 Å². The Morgan fingerprint density at radius 3 is 2.36 bits per heavy atom. The summed E-state index contributed by atoms with van der Waals surface area (Å²) in [5.74, 6) is 0. The molecule has 0 N–H and O–H groups in total. The zero-order valence-corrected chi connectivity index (χ0v) is 18.8. The van der Waals surface area contributed by atoms with E-state index in [0.29, 0.717) is 24.0 Å². The number of imidazole rings is 1. The van der Waals surface area contributed by atoms with Gasteiger partial charge in [-0.05, 0) is 43.2 Å². The van der Waals surface area contributed by atoms with Crippen LogP contribution in [0.2, 0.25) is 0 Å². The molecule has 0 fully saturated rings. The third-order valence-electron chi connectivity index (χ3n) is 5.08. The van der Waals surface area contributed by atoms with Crippen LogP contribution in [0.5, 0.6) is 0 Å². The van der Waals surface area contributed by atoms with Crippen molar-refractivity contribution < 1.29 is 8.42 Å². The van der Waals surface area contributed by atoms with Crippen LogP contribution in [0.25, 0.3) is 11.0 Å². The van der Waals surface area contributed by atoms with Crippen molar-refractivity contribution >= 4 is 37.0 Å². The predicted octanol–water partition coefficient (Wildman–Crippen LogP) is 3.80. The summed E-state index contributed by atoms with van der Waals surface area (Å²) >= 11 is 3.53.